The number of anilines is 1. The van der Waals surface area contributed by atoms with Gasteiger partial charge in [0, 0.05) is 24.3 Å². The molecular weight excluding hydrogens is 360 g/mol. The molecule has 0 spiro atoms. The van der Waals surface area contributed by atoms with E-state index in [9.17, 15) is 19.5 Å². The molecule has 0 radical (unpaired) electrons. The van der Waals surface area contributed by atoms with Gasteiger partial charge in [-0.25, -0.2) is 0 Å². The van der Waals surface area contributed by atoms with E-state index in [0.29, 0.717) is 24.2 Å². The first-order valence-electron chi connectivity index (χ1n) is 9.39. The van der Waals surface area contributed by atoms with E-state index >= 15 is 0 Å². The zero-order valence-electron chi connectivity index (χ0n) is 15.6. The molecule has 28 heavy (non-hydrogen) atoms. The summed E-state index contributed by atoms with van der Waals surface area (Å²) in [5.74, 6) is -1.20. The maximum absolute atomic E-state index is 13.0. The van der Waals surface area contributed by atoms with Crippen LogP contribution in [0, 0.1) is 18.3 Å². The number of rotatable bonds is 4. The van der Waals surface area contributed by atoms with E-state index in [1.165, 1.54) is 6.26 Å². The highest BCUT2D eigenvalue weighted by atomic mass is 16.4. The van der Waals surface area contributed by atoms with Gasteiger partial charge in [-0.05, 0) is 55.5 Å². The van der Waals surface area contributed by atoms with E-state index in [0.717, 1.165) is 18.4 Å². The third-order valence-electron chi connectivity index (χ3n) is 6.06. The number of hydrogen-bond acceptors (Lipinski definition) is 4. The first-order valence-corrected chi connectivity index (χ1v) is 9.39. The topological polar surface area (TPSA) is 99.9 Å². The summed E-state index contributed by atoms with van der Waals surface area (Å²) in [7, 11) is 0. The zero-order chi connectivity index (χ0) is 19.9. The number of nitrogens with one attached hydrogen (secondary N) is 1. The molecule has 2 heterocycles. The number of carboxylic acids is 1. The van der Waals surface area contributed by atoms with Crippen molar-refractivity contribution in [1.29, 1.82) is 0 Å². The number of likely N-dealkylation sites (tertiary alicyclic amines) is 1. The number of fused-ring (bicyclic) bond motifs is 1. The number of hydrogen-bond donors (Lipinski definition) is 2. The van der Waals surface area contributed by atoms with Gasteiger partial charge in [-0.2, -0.15) is 0 Å². The minimum atomic E-state index is -0.809. The van der Waals surface area contributed by atoms with E-state index in [-0.39, 0.29) is 24.1 Å². The molecular formula is C21H22N2O5. The average Bonchev–Trinajstić information content (AvgIpc) is 3.38. The molecule has 1 aromatic heterocycles. The molecule has 2 aromatic rings. The molecule has 2 atom stereocenters. The largest absolute Gasteiger partial charge is 0.481 e. The number of amides is 2. The number of carbonyl (C=O) groups excluding carboxylic acids is 2. The lowest BCUT2D eigenvalue weighted by Gasteiger charge is -2.23. The Balaban J connectivity index is 1.54. The summed E-state index contributed by atoms with van der Waals surface area (Å²) in [5, 5.41) is 12.5. The normalized spacial score (nSPS) is 23.5. The first kappa shape index (κ1) is 18.3. The van der Waals surface area contributed by atoms with Crippen LogP contribution in [-0.4, -0.2) is 40.9 Å². The third kappa shape index (κ3) is 2.96. The minimum Gasteiger partial charge on any atom is -0.481 e. The summed E-state index contributed by atoms with van der Waals surface area (Å²) in [6, 6.07) is 8.31. The van der Waals surface area contributed by atoms with Crippen LogP contribution in [0.25, 0.3) is 0 Å². The second kappa shape index (κ2) is 6.82. The van der Waals surface area contributed by atoms with Crippen molar-refractivity contribution in [2.75, 3.05) is 18.4 Å². The average molecular weight is 382 g/mol. The minimum absolute atomic E-state index is 0.0116. The highest BCUT2D eigenvalue weighted by molar-refractivity contribution is 6.04. The Kier molecular flexibility index (Phi) is 4.45. The number of furan rings is 1. The number of carboxylic acid groups (broad SMARTS) is 1. The fourth-order valence-electron chi connectivity index (χ4n) is 4.46. The number of benzene rings is 1. The highest BCUT2D eigenvalue weighted by Crippen LogP contribution is 2.49. The smallest absolute Gasteiger partial charge is 0.311 e. The zero-order valence-corrected chi connectivity index (χ0v) is 15.6. The third-order valence-corrected chi connectivity index (χ3v) is 6.06. The van der Waals surface area contributed by atoms with Crippen LogP contribution in [0.3, 0.4) is 0 Å². The monoisotopic (exact) mass is 382 g/mol. The van der Waals surface area contributed by atoms with Gasteiger partial charge >= 0.3 is 5.97 Å². The molecule has 2 aliphatic rings. The molecule has 1 aliphatic heterocycles. The van der Waals surface area contributed by atoms with Crippen molar-refractivity contribution in [1.82, 2.24) is 4.90 Å². The van der Waals surface area contributed by atoms with E-state index in [1.54, 1.807) is 35.2 Å². The summed E-state index contributed by atoms with van der Waals surface area (Å²) < 4.78 is 5.10. The lowest BCUT2D eigenvalue weighted by Crippen LogP contribution is -2.37. The van der Waals surface area contributed by atoms with Gasteiger partial charge < -0.3 is 19.7 Å². The molecule has 1 saturated heterocycles. The molecule has 2 fully saturated rings. The van der Waals surface area contributed by atoms with Gasteiger partial charge in [-0.1, -0.05) is 12.5 Å². The molecule has 1 aromatic carbocycles. The first-order chi connectivity index (χ1) is 13.4. The maximum Gasteiger partial charge on any atom is 0.311 e. The van der Waals surface area contributed by atoms with Crippen LogP contribution in [0.4, 0.5) is 5.69 Å². The quantitative estimate of drug-likeness (QED) is 0.846. The summed E-state index contributed by atoms with van der Waals surface area (Å²) in [5.41, 5.74) is 0.966. The van der Waals surface area contributed by atoms with Crippen LogP contribution < -0.4 is 5.32 Å². The Bertz CT molecular complexity index is 936. The number of nitrogens with zero attached hydrogens (tertiary/aromatic N) is 1. The Morgan fingerprint density at radius 1 is 1.29 bits per heavy atom. The molecule has 1 saturated carbocycles. The Morgan fingerprint density at radius 3 is 2.79 bits per heavy atom. The molecule has 2 N–H and O–H groups in total. The Hall–Kier alpha value is -3.09. The molecule has 2 amide bonds. The Labute approximate surface area is 162 Å². The van der Waals surface area contributed by atoms with Crippen LogP contribution >= 0.6 is 0 Å². The van der Waals surface area contributed by atoms with Crippen molar-refractivity contribution in [2.24, 2.45) is 11.3 Å². The fourth-order valence-corrected chi connectivity index (χ4v) is 4.46. The van der Waals surface area contributed by atoms with Gasteiger partial charge in [0.05, 0.1) is 11.7 Å². The van der Waals surface area contributed by atoms with E-state index < -0.39 is 17.3 Å². The van der Waals surface area contributed by atoms with Crippen molar-refractivity contribution in [3.05, 3.63) is 53.5 Å². The standard InChI is InChI=1S/C21H22N2O5/c1-13-6-7-14(10-16(13)22-18(24)17-5-3-9-28-17)19(25)23-11-15-4-2-8-21(15,12-23)20(26)27/h3,5-7,9-10,15H,2,4,8,11-12H2,1H3,(H,22,24)(H,26,27)/t15-,21+/m0/s1. The van der Waals surface area contributed by atoms with Gasteiger partial charge in [0.15, 0.2) is 5.76 Å². The van der Waals surface area contributed by atoms with Crippen LogP contribution in [0.1, 0.15) is 45.7 Å². The predicted octanol–water partition coefficient (Wildman–Crippen LogP) is 3.17. The van der Waals surface area contributed by atoms with Crippen LogP contribution in [0.5, 0.6) is 0 Å². The van der Waals surface area contributed by atoms with Gasteiger partial charge in [0.2, 0.25) is 0 Å². The van der Waals surface area contributed by atoms with Crippen molar-refractivity contribution in [3.63, 3.8) is 0 Å². The number of aryl methyl sites for hydroxylation is 1. The SMILES string of the molecule is Cc1ccc(C(=O)N2C[C@@H]3CCC[C@@]3(C(=O)O)C2)cc1NC(=O)c1ccco1. The van der Waals surface area contributed by atoms with Crippen molar-refractivity contribution in [2.45, 2.75) is 26.2 Å². The fraction of sp³-hybridized carbons (Fsp3) is 0.381. The number of aliphatic carboxylic acids is 1. The van der Waals surface area contributed by atoms with E-state index in [2.05, 4.69) is 5.32 Å². The van der Waals surface area contributed by atoms with Gasteiger partial charge in [0.1, 0.15) is 0 Å². The van der Waals surface area contributed by atoms with Crippen molar-refractivity contribution in [3.8, 4) is 0 Å². The van der Waals surface area contributed by atoms with Gasteiger partial charge in [-0.3, -0.25) is 14.4 Å². The highest BCUT2D eigenvalue weighted by Gasteiger charge is 2.55. The maximum atomic E-state index is 13.0. The predicted molar refractivity (Wildman–Crippen MR) is 101 cm³/mol. The van der Waals surface area contributed by atoms with Crippen LogP contribution in [0.15, 0.2) is 41.0 Å². The van der Waals surface area contributed by atoms with E-state index in [4.69, 9.17) is 4.42 Å². The van der Waals surface area contributed by atoms with Crippen molar-refractivity contribution < 1.29 is 23.9 Å². The molecule has 146 valence electrons. The molecule has 7 heteroatoms. The molecule has 4 rings (SSSR count). The molecule has 0 unspecified atom stereocenters. The summed E-state index contributed by atoms with van der Waals surface area (Å²) in [6.07, 6.45) is 3.78. The molecule has 1 aliphatic carbocycles. The van der Waals surface area contributed by atoms with Crippen LogP contribution in [0.2, 0.25) is 0 Å². The summed E-state index contributed by atoms with van der Waals surface area (Å²) in [4.78, 5) is 38.8. The van der Waals surface area contributed by atoms with Gasteiger partial charge in [0.25, 0.3) is 11.8 Å². The molecule has 7 nitrogen and oxygen atoms in total. The molecule has 0 bridgehead atoms. The van der Waals surface area contributed by atoms with Crippen LogP contribution in [-0.2, 0) is 4.79 Å². The lowest BCUT2D eigenvalue weighted by atomic mass is 9.81. The Morgan fingerprint density at radius 2 is 2.11 bits per heavy atom. The summed E-state index contributed by atoms with van der Waals surface area (Å²) in [6.45, 7) is 2.55. The van der Waals surface area contributed by atoms with Gasteiger partial charge in [-0.15, -0.1) is 0 Å². The second-order valence-electron chi connectivity index (χ2n) is 7.70. The summed E-state index contributed by atoms with van der Waals surface area (Å²) >= 11 is 0. The van der Waals surface area contributed by atoms with E-state index in [1.807, 2.05) is 6.92 Å². The lowest BCUT2D eigenvalue weighted by molar-refractivity contribution is -0.149. The second-order valence-corrected chi connectivity index (χ2v) is 7.70. The number of carbonyl (C=O) groups is 3. The van der Waals surface area contributed by atoms with Crippen molar-refractivity contribution >= 4 is 23.5 Å².